The second kappa shape index (κ2) is 5.99. The second-order valence-corrected chi connectivity index (χ2v) is 6.95. The second-order valence-electron chi connectivity index (χ2n) is 6.95. The fourth-order valence-electron chi connectivity index (χ4n) is 4.33. The molecule has 21 heavy (non-hydrogen) atoms. The molecule has 1 aromatic rings. The Hall–Kier alpha value is -1.03. The van der Waals surface area contributed by atoms with Gasteiger partial charge in [-0.3, -0.25) is 0 Å². The Morgan fingerprint density at radius 1 is 0.952 bits per heavy atom. The molecule has 0 unspecified atom stereocenters. The number of nitrogens with zero attached hydrogens (tertiary/aromatic N) is 3. The standard InChI is InChI=1S/C17H28N4/c1-3-7-14(8-4-1)17-19-15-13-18-10-9-16(15)21(17)20-11-5-2-6-12-20/h14,18H,1-13H2. The number of hydrogen-bond donors (Lipinski definition) is 1. The van der Waals surface area contributed by atoms with Crippen molar-refractivity contribution in [2.24, 2.45) is 0 Å². The molecule has 1 saturated carbocycles. The van der Waals surface area contributed by atoms with Gasteiger partial charge in [0.1, 0.15) is 5.82 Å². The number of hydrogen-bond acceptors (Lipinski definition) is 3. The van der Waals surface area contributed by atoms with Gasteiger partial charge in [0.25, 0.3) is 0 Å². The number of aromatic nitrogens is 2. The van der Waals surface area contributed by atoms with E-state index in [9.17, 15) is 0 Å². The van der Waals surface area contributed by atoms with Crippen molar-refractivity contribution in [3.63, 3.8) is 0 Å². The van der Waals surface area contributed by atoms with Crippen molar-refractivity contribution in [1.82, 2.24) is 15.0 Å². The van der Waals surface area contributed by atoms with E-state index < -0.39 is 0 Å². The molecule has 0 spiro atoms. The highest BCUT2D eigenvalue weighted by molar-refractivity contribution is 5.25. The van der Waals surface area contributed by atoms with Crippen LogP contribution in [0.4, 0.5) is 0 Å². The third-order valence-corrected chi connectivity index (χ3v) is 5.47. The molecule has 1 saturated heterocycles. The minimum absolute atomic E-state index is 0.700. The van der Waals surface area contributed by atoms with Crippen molar-refractivity contribution in [3.05, 3.63) is 17.2 Å². The van der Waals surface area contributed by atoms with Gasteiger partial charge >= 0.3 is 0 Å². The molecule has 4 nitrogen and oxygen atoms in total. The first-order valence-electron chi connectivity index (χ1n) is 9.00. The van der Waals surface area contributed by atoms with Crippen LogP contribution in [0.5, 0.6) is 0 Å². The van der Waals surface area contributed by atoms with Gasteiger partial charge in [-0.25, -0.2) is 9.66 Å². The highest BCUT2D eigenvalue weighted by atomic mass is 15.6. The highest BCUT2D eigenvalue weighted by Gasteiger charge is 2.29. The number of rotatable bonds is 2. The molecule has 0 bridgehead atoms. The molecule has 4 heteroatoms. The summed E-state index contributed by atoms with van der Waals surface area (Å²) in [4.78, 5) is 5.11. The molecule has 0 amide bonds. The van der Waals surface area contributed by atoms with Crippen LogP contribution >= 0.6 is 0 Å². The number of fused-ring (bicyclic) bond motifs is 1. The first kappa shape index (κ1) is 13.6. The van der Waals surface area contributed by atoms with E-state index in [1.54, 1.807) is 0 Å². The van der Waals surface area contributed by atoms with Gasteiger partial charge in [-0.05, 0) is 32.1 Å². The molecule has 116 valence electrons. The minimum Gasteiger partial charge on any atom is -0.311 e. The van der Waals surface area contributed by atoms with E-state index in [0.717, 1.165) is 19.5 Å². The predicted octanol–water partition coefficient (Wildman–Crippen LogP) is 2.70. The van der Waals surface area contributed by atoms with Crippen LogP contribution in [-0.2, 0) is 13.0 Å². The molecule has 1 aromatic heterocycles. The number of nitrogens with one attached hydrogen (secondary N) is 1. The topological polar surface area (TPSA) is 33.1 Å². The van der Waals surface area contributed by atoms with Gasteiger partial charge in [0.15, 0.2) is 0 Å². The zero-order valence-corrected chi connectivity index (χ0v) is 13.1. The first-order valence-corrected chi connectivity index (χ1v) is 9.00. The molecule has 0 aromatic carbocycles. The molecule has 1 N–H and O–H groups in total. The van der Waals surface area contributed by atoms with Crippen molar-refractivity contribution >= 4 is 0 Å². The van der Waals surface area contributed by atoms with E-state index in [-0.39, 0.29) is 0 Å². The molecule has 4 rings (SSSR count). The normalized spacial score (nSPS) is 24.1. The number of imidazole rings is 1. The Labute approximate surface area is 127 Å². The van der Waals surface area contributed by atoms with E-state index in [0.29, 0.717) is 5.92 Å². The van der Waals surface area contributed by atoms with E-state index in [4.69, 9.17) is 4.98 Å². The Kier molecular flexibility index (Phi) is 3.89. The summed E-state index contributed by atoms with van der Waals surface area (Å²) in [5.74, 6) is 2.09. The minimum atomic E-state index is 0.700. The molecule has 0 atom stereocenters. The van der Waals surface area contributed by atoms with Crippen LogP contribution in [0.3, 0.4) is 0 Å². The molecular weight excluding hydrogens is 260 g/mol. The Morgan fingerprint density at radius 3 is 2.52 bits per heavy atom. The molecule has 2 fully saturated rings. The summed E-state index contributed by atoms with van der Waals surface area (Å²) in [6, 6.07) is 0. The van der Waals surface area contributed by atoms with Crippen LogP contribution in [0.25, 0.3) is 0 Å². The SMILES string of the molecule is C1CCC(c2nc3c(n2N2CCCCC2)CCNC3)CC1. The maximum absolute atomic E-state index is 5.11. The van der Waals surface area contributed by atoms with Crippen LogP contribution in [0.2, 0.25) is 0 Å². The molecule has 1 aliphatic carbocycles. The third kappa shape index (κ3) is 2.59. The fourth-order valence-corrected chi connectivity index (χ4v) is 4.33. The van der Waals surface area contributed by atoms with Gasteiger partial charge in [0.2, 0.25) is 0 Å². The quantitative estimate of drug-likeness (QED) is 0.908. The smallest absolute Gasteiger partial charge is 0.131 e. The van der Waals surface area contributed by atoms with Crippen molar-refractivity contribution in [1.29, 1.82) is 0 Å². The predicted molar refractivity (Wildman–Crippen MR) is 85.3 cm³/mol. The summed E-state index contributed by atoms with van der Waals surface area (Å²) in [6.07, 6.45) is 12.1. The fraction of sp³-hybridized carbons (Fsp3) is 0.824. The summed E-state index contributed by atoms with van der Waals surface area (Å²) in [5.41, 5.74) is 2.84. The molecule has 2 aliphatic heterocycles. The summed E-state index contributed by atoms with van der Waals surface area (Å²) < 4.78 is 2.57. The molecule has 3 heterocycles. The summed E-state index contributed by atoms with van der Waals surface area (Å²) >= 11 is 0. The average molecular weight is 288 g/mol. The van der Waals surface area contributed by atoms with Gasteiger partial charge in [0.05, 0.1) is 11.4 Å². The van der Waals surface area contributed by atoms with Gasteiger partial charge in [-0.15, -0.1) is 0 Å². The zero-order chi connectivity index (χ0) is 14.1. The van der Waals surface area contributed by atoms with Gasteiger partial charge in [-0.1, -0.05) is 19.3 Å². The average Bonchev–Trinajstić information content (AvgIpc) is 2.96. The maximum Gasteiger partial charge on any atom is 0.131 e. The third-order valence-electron chi connectivity index (χ3n) is 5.47. The van der Waals surface area contributed by atoms with Gasteiger partial charge < -0.3 is 10.3 Å². The van der Waals surface area contributed by atoms with E-state index >= 15 is 0 Å². The lowest BCUT2D eigenvalue weighted by Gasteiger charge is -2.35. The molecule has 3 aliphatic rings. The molecule has 0 radical (unpaired) electrons. The summed E-state index contributed by atoms with van der Waals surface area (Å²) in [6.45, 7) is 4.51. The van der Waals surface area contributed by atoms with Crippen LogP contribution in [0, 0.1) is 0 Å². The van der Waals surface area contributed by atoms with Crippen LogP contribution < -0.4 is 10.3 Å². The monoisotopic (exact) mass is 288 g/mol. The largest absolute Gasteiger partial charge is 0.311 e. The van der Waals surface area contributed by atoms with Crippen LogP contribution in [-0.4, -0.2) is 29.3 Å². The first-order chi connectivity index (χ1) is 10.4. The van der Waals surface area contributed by atoms with Gasteiger partial charge in [-0.2, -0.15) is 0 Å². The van der Waals surface area contributed by atoms with E-state index in [2.05, 4.69) is 15.0 Å². The Balaban J connectivity index is 1.71. The maximum atomic E-state index is 5.11. The van der Waals surface area contributed by atoms with Crippen molar-refractivity contribution < 1.29 is 0 Å². The molecular formula is C17H28N4. The lowest BCUT2D eigenvalue weighted by atomic mass is 9.89. The summed E-state index contributed by atoms with van der Waals surface area (Å²) in [5, 5.41) is 6.09. The van der Waals surface area contributed by atoms with Crippen LogP contribution in [0.1, 0.15) is 74.5 Å². The Bertz CT molecular complexity index is 481. The van der Waals surface area contributed by atoms with Gasteiger partial charge in [0, 0.05) is 38.5 Å². The van der Waals surface area contributed by atoms with E-state index in [1.165, 1.54) is 81.7 Å². The lowest BCUT2D eigenvalue weighted by Crippen LogP contribution is -2.42. The van der Waals surface area contributed by atoms with Crippen molar-refractivity contribution in [2.75, 3.05) is 24.6 Å². The Morgan fingerprint density at radius 2 is 1.71 bits per heavy atom. The number of piperidine rings is 1. The van der Waals surface area contributed by atoms with Crippen LogP contribution in [0.15, 0.2) is 0 Å². The zero-order valence-electron chi connectivity index (χ0n) is 13.1. The van der Waals surface area contributed by atoms with E-state index in [1.807, 2.05) is 0 Å². The highest BCUT2D eigenvalue weighted by Crippen LogP contribution is 2.34. The summed E-state index contributed by atoms with van der Waals surface area (Å²) in [7, 11) is 0. The van der Waals surface area contributed by atoms with Crippen molar-refractivity contribution in [2.45, 2.75) is 70.3 Å². The lowest BCUT2D eigenvalue weighted by molar-refractivity contribution is 0.393. The van der Waals surface area contributed by atoms with Crippen molar-refractivity contribution in [3.8, 4) is 0 Å².